The van der Waals surface area contributed by atoms with Gasteiger partial charge in [0, 0.05) is 36.9 Å². The Morgan fingerprint density at radius 2 is 2.28 bits per heavy atom. The zero-order valence-electron chi connectivity index (χ0n) is 14.2. The fourth-order valence-corrected chi connectivity index (χ4v) is 3.34. The summed E-state index contributed by atoms with van der Waals surface area (Å²) >= 11 is 0. The van der Waals surface area contributed by atoms with Crippen molar-refractivity contribution in [2.45, 2.75) is 19.3 Å². The average molecular weight is 337 g/mol. The van der Waals surface area contributed by atoms with Crippen LogP contribution in [0, 0.1) is 0 Å². The molecule has 128 valence electrons. The van der Waals surface area contributed by atoms with E-state index < -0.39 is 0 Å². The number of hydrogen-bond acceptors (Lipinski definition) is 4. The Kier molecular flexibility index (Phi) is 3.76. The summed E-state index contributed by atoms with van der Waals surface area (Å²) < 4.78 is 7.01. The van der Waals surface area contributed by atoms with Crippen molar-refractivity contribution in [2.24, 2.45) is 7.05 Å². The number of ether oxygens (including phenoxy) is 1. The first-order chi connectivity index (χ1) is 12.2. The Hall–Kier alpha value is -3.09. The van der Waals surface area contributed by atoms with Crippen molar-refractivity contribution in [2.75, 3.05) is 12.4 Å². The van der Waals surface area contributed by atoms with Gasteiger partial charge in [0.2, 0.25) is 5.88 Å². The highest BCUT2D eigenvalue weighted by Crippen LogP contribution is 2.34. The molecule has 0 aromatic carbocycles. The first-order valence-corrected chi connectivity index (χ1v) is 8.21. The molecule has 1 aliphatic carbocycles. The third-order valence-corrected chi connectivity index (χ3v) is 4.43. The van der Waals surface area contributed by atoms with Gasteiger partial charge in [0.1, 0.15) is 5.69 Å². The van der Waals surface area contributed by atoms with Crippen LogP contribution in [-0.4, -0.2) is 32.8 Å². The van der Waals surface area contributed by atoms with Crippen LogP contribution in [0.4, 0.5) is 5.69 Å². The van der Waals surface area contributed by atoms with E-state index in [0.717, 1.165) is 36.2 Å². The molecule has 0 saturated carbocycles. The van der Waals surface area contributed by atoms with E-state index in [-0.39, 0.29) is 5.91 Å². The summed E-state index contributed by atoms with van der Waals surface area (Å²) in [6.45, 7) is 0. The lowest BCUT2D eigenvalue weighted by Crippen LogP contribution is -2.13. The Morgan fingerprint density at radius 1 is 1.40 bits per heavy atom. The highest BCUT2D eigenvalue weighted by molar-refractivity contribution is 6.09. The molecule has 3 aromatic rings. The van der Waals surface area contributed by atoms with E-state index in [2.05, 4.69) is 20.4 Å². The first kappa shape index (κ1) is 15.4. The Bertz CT molecular complexity index is 941. The number of aryl methyl sites for hydroxylation is 3. The molecule has 0 spiro atoms. The topological polar surface area (TPSA) is 84.8 Å². The second-order valence-corrected chi connectivity index (χ2v) is 6.10. The fourth-order valence-electron chi connectivity index (χ4n) is 3.34. The summed E-state index contributed by atoms with van der Waals surface area (Å²) in [6.07, 6.45) is 8.30. The minimum absolute atomic E-state index is 0.206. The normalized spacial score (nSPS) is 12.9. The summed E-state index contributed by atoms with van der Waals surface area (Å²) in [5.41, 5.74) is 5.14. The number of carbonyl (C=O) groups is 1. The molecule has 0 radical (unpaired) electrons. The van der Waals surface area contributed by atoms with E-state index in [9.17, 15) is 4.79 Å². The number of anilines is 1. The van der Waals surface area contributed by atoms with Crippen LogP contribution in [0.2, 0.25) is 0 Å². The molecule has 7 nitrogen and oxygen atoms in total. The molecule has 0 fully saturated rings. The number of pyridine rings is 1. The lowest BCUT2D eigenvalue weighted by atomic mass is 10.0. The van der Waals surface area contributed by atoms with Crippen LogP contribution in [0.15, 0.2) is 30.7 Å². The van der Waals surface area contributed by atoms with Crippen molar-refractivity contribution in [3.05, 3.63) is 47.5 Å². The van der Waals surface area contributed by atoms with Crippen LogP contribution in [0.3, 0.4) is 0 Å². The maximum atomic E-state index is 12.9. The summed E-state index contributed by atoms with van der Waals surface area (Å²) in [4.78, 5) is 20.3. The molecule has 0 atom stereocenters. The van der Waals surface area contributed by atoms with Crippen LogP contribution >= 0.6 is 0 Å². The fraction of sp³-hybridized carbons (Fsp3) is 0.278. The van der Waals surface area contributed by atoms with Crippen molar-refractivity contribution in [1.82, 2.24) is 19.7 Å². The number of aromatic amines is 1. The van der Waals surface area contributed by atoms with E-state index in [0.29, 0.717) is 17.1 Å². The van der Waals surface area contributed by atoms with E-state index >= 15 is 0 Å². The van der Waals surface area contributed by atoms with Gasteiger partial charge in [-0.1, -0.05) is 0 Å². The Morgan fingerprint density at radius 3 is 3.12 bits per heavy atom. The quantitative estimate of drug-likeness (QED) is 0.769. The Labute approximate surface area is 145 Å². The summed E-state index contributed by atoms with van der Waals surface area (Å²) in [7, 11) is 3.43. The predicted octanol–water partition coefficient (Wildman–Crippen LogP) is 2.56. The van der Waals surface area contributed by atoms with Gasteiger partial charge in [-0.25, -0.2) is 4.98 Å². The first-order valence-electron chi connectivity index (χ1n) is 8.21. The van der Waals surface area contributed by atoms with Gasteiger partial charge in [-0.05, 0) is 37.0 Å². The molecule has 0 unspecified atom stereocenters. The predicted molar refractivity (Wildman–Crippen MR) is 93.8 cm³/mol. The number of nitrogens with one attached hydrogen (secondary N) is 2. The molecule has 25 heavy (non-hydrogen) atoms. The van der Waals surface area contributed by atoms with Gasteiger partial charge >= 0.3 is 0 Å². The van der Waals surface area contributed by atoms with Gasteiger partial charge in [-0.3, -0.25) is 9.48 Å². The number of rotatable bonds is 3. The average Bonchev–Trinajstić information content (AvgIpc) is 3.15. The SMILES string of the molecule is COc1ncccc1NC(=O)c1c[nH]c2c1-c1nn(C)cc1CCC2. The summed E-state index contributed by atoms with van der Waals surface area (Å²) in [5, 5.41) is 7.48. The molecule has 0 aliphatic heterocycles. The third kappa shape index (κ3) is 2.67. The number of aromatic nitrogens is 4. The van der Waals surface area contributed by atoms with Gasteiger partial charge in [0.25, 0.3) is 5.91 Å². The number of methoxy groups -OCH3 is 1. The third-order valence-electron chi connectivity index (χ3n) is 4.43. The molecule has 3 heterocycles. The highest BCUT2D eigenvalue weighted by atomic mass is 16.5. The number of hydrogen-bond donors (Lipinski definition) is 2. The van der Waals surface area contributed by atoms with Gasteiger partial charge in [-0.2, -0.15) is 5.10 Å². The lowest BCUT2D eigenvalue weighted by Gasteiger charge is -2.09. The second-order valence-electron chi connectivity index (χ2n) is 6.10. The maximum Gasteiger partial charge on any atom is 0.258 e. The minimum Gasteiger partial charge on any atom is -0.480 e. The maximum absolute atomic E-state index is 12.9. The van der Waals surface area contributed by atoms with Crippen molar-refractivity contribution in [1.29, 1.82) is 0 Å². The molecule has 7 heteroatoms. The lowest BCUT2D eigenvalue weighted by molar-refractivity contribution is 0.102. The van der Waals surface area contributed by atoms with E-state index in [4.69, 9.17) is 4.74 Å². The van der Waals surface area contributed by atoms with Gasteiger partial charge < -0.3 is 15.0 Å². The monoisotopic (exact) mass is 337 g/mol. The van der Waals surface area contributed by atoms with Crippen LogP contribution in [-0.2, 0) is 19.9 Å². The molecule has 4 rings (SSSR count). The zero-order chi connectivity index (χ0) is 17.4. The highest BCUT2D eigenvalue weighted by Gasteiger charge is 2.25. The summed E-state index contributed by atoms with van der Waals surface area (Å²) in [5.74, 6) is 0.179. The van der Waals surface area contributed by atoms with Gasteiger partial charge in [0.15, 0.2) is 0 Å². The molecule has 3 aromatic heterocycles. The molecule has 0 bridgehead atoms. The number of fused-ring (bicyclic) bond motifs is 3. The van der Waals surface area contributed by atoms with Crippen molar-refractivity contribution in [3.8, 4) is 17.1 Å². The van der Waals surface area contributed by atoms with Crippen LogP contribution in [0.25, 0.3) is 11.3 Å². The summed E-state index contributed by atoms with van der Waals surface area (Å²) in [6, 6.07) is 3.52. The number of amides is 1. The molecular weight excluding hydrogens is 318 g/mol. The van der Waals surface area contributed by atoms with Gasteiger partial charge in [-0.15, -0.1) is 0 Å². The van der Waals surface area contributed by atoms with E-state index in [1.807, 2.05) is 13.2 Å². The van der Waals surface area contributed by atoms with Crippen molar-refractivity contribution < 1.29 is 9.53 Å². The molecule has 1 aliphatic rings. The molecule has 0 saturated heterocycles. The molecular formula is C18H19N5O2. The van der Waals surface area contributed by atoms with Crippen LogP contribution < -0.4 is 10.1 Å². The van der Waals surface area contributed by atoms with Crippen molar-refractivity contribution >= 4 is 11.6 Å². The van der Waals surface area contributed by atoms with E-state index in [1.165, 1.54) is 12.7 Å². The standard InChI is InChI=1S/C18H19N5O2/c1-23-10-11-5-3-6-13-15(16(11)22-23)12(9-20-13)17(24)21-14-7-4-8-19-18(14)25-2/h4,7-10,20H,3,5-6H2,1-2H3,(H,21,24). The smallest absolute Gasteiger partial charge is 0.258 e. The van der Waals surface area contributed by atoms with Crippen LogP contribution in [0.5, 0.6) is 5.88 Å². The van der Waals surface area contributed by atoms with E-state index in [1.54, 1.807) is 29.2 Å². The number of H-pyrrole nitrogens is 1. The van der Waals surface area contributed by atoms with Gasteiger partial charge in [0.05, 0.1) is 18.4 Å². The molecule has 1 amide bonds. The van der Waals surface area contributed by atoms with Crippen LogP contribution in [0.1, 0.15) is 28.0 Å². The molecule has 2 N–H and O–H groups in total. The second kappa shape index (κ2) is 6.08. The zero-order valence-corrected chi connectivity index (χ0v) is 14.2. The minimum atomic E-state index is -0.206. The van der Waals surface area contributed by atoms with Crippen molar-refractivity contribution in [3.63, 3.8) is 0 Å². The Balaban J connectivity index is 1.74. The number of carbonyl (C=O) groups excluding carboxylic acids is 1. The number of nitrogens with zero attached hydrogens (tertiary/aromatic N) is 3. The largest absolute Gasteiger partial charge is 0.480 e.